The van der Waals surface area contributed by atoms with Crippen molar-refractivity contribution in [2.75, 3.05) is 0 Å². The van der Waals surface area contributed by atoms with E-state index in [0.29, 0.717) is 0 Å². The van der Waals surface area contributed by atoms with Gasteiger partial charge in [0.25, 0.3) is 0 Å². The molecule has 0 spiro atoms. The van der Waals surface area contributed by atoms with Gasteiger partial charge in [-0.25, -0.2) is 4.79 Å². The van der Waals surface area contributed by atoms with Gasteiger partial charge in [0.1, 0.15) is 11.6 Å². The molecule has 0 aromatic carbocycles. The molecule has 0 aliphatic heterocycles. The second-order valence-electron chi connectivity index (χ2n) is 1.39. The zero-order valence-corrected chi connectivity index (χ0v) is 5.63. The third-order valence-corrected chi connectivity index (χ3v) is 0.819. The molecule has 0 heterocycles. The van der Waals surface area contributed by atoms with Gasteiger partial charge in [-0.2, -0.15) is 5.26 Å². The number of hydrogen-bond donors (Lipinski definition) is 0. The molecule has 0 bridgehead atoms. The number of rotatable bonds is 2. The normalized spacial score (nSPS) is 9.80. The van der Waals surface area contributed by atoms with Crippen LogP contribution in [0.4, 0.5) is 0 Å². The van der Waals surface area contributed by atoms with Gasteiger partial charge in [0, 0.05) is 0 Å². The smallest absolute Gasteiger partial charge is 0.353 e. The molecule has 3 heteroatoms. The number of ether oxygens (including phenoxy) is 1. The Bertz CT molecular complexity index is 210. The topological polar surface area (TPSA) is 50.1 Å². The summed E-state index contributed by atoms with van der Waals surface area (Å²) in [6.07, 6.45) is 2.37. The lowest BCUT2D eigenvalue weighted by Crippen LogP contribution is -2.01. The highest BCUT2D eigenvalue weighted by Crippen LogP contribution is 1.94. The Hall–Kier alpha value is -1.56. The lowest BCUT2D eigenvalue weighted by Gasteiger charge is -1.92. The lowest BCUT2D eigenvalue weighted by molar-refractivity contribution is -0.133. The van der Waals surface area contributed by atoms with Gasteiger partial charge in [0.15, 0.2) is 0 Å². The van der Waals surface area contributed by atoms with Crippen molar-refractivity contribution in [1.29, 1.82) is 5.26 Å². The molecule has 0 aliphatic carbocycles. The van der Waals surface area contributed by atoms with Crippen molar-refractivity contribution >= 4 is 5.97 Å². The highest BCUT2D eigenvalue weighted by Gasteiger charge is 2.05. The predicted octanol–water partition coefficient (Wildman–Crippen LogP) is 1.14. The molecule has 10 heavy (non-hydrogen) atoms. The van der Waals surface area contributed by atoms with E-state index >= 15 is 0 Å². The maximum absolute atomic E-state index is 10.6. The molecular weight excluding hydrogens is 130 g/mol. The summed E-state index contributed by atoms with van der Waals surface area (Å²) in [4.78, 5) is 10.6. The van der Waals surface area contributed by atoms with Crippen molar-refractivity contribution in [3.63, 3.8) is 0 Å². The lowest BCUT2D eigenvalue weighted by atomic mass is 10.3. The average molecular weight is 137 g/mol. The fourth-order valence-electron chi connectivity index (χ4n) is 0.367. The second-order valence-corrected chi connectivity index (χ2v) is 1.39. The van der Waals surface area contributed by atoms with Crippen LogP contribution in [0.3, 0.4) is 0 Å². The number of carbonyl (C=O) groups excluding carboxylic acids is 1. The molecule has 0 aromatic rings. The maximum Gasteiger partial charge on any atom is 0.353 e. The number of carbonyl (C=O) groups is 1. The van der Waals surface area contributed by atoms with Crippen molar-refractivity contribution in [1.82, 2.24) is 0 Å². The monoisotopic (exact) mass is 137 g/mol. The van der Waals surface area contributed by atoms with Crippen LogP contribution in [0.2, 0.25) is 0 Å². The summed E-state index contributed by atoms with van der Waals surface area (Å²) in [5.41, 5.74) is -0.0140. The van der Waals surface area contributed by atoms with Gasteiger partial charge in [-0.15, -0.1) is 0 Å². The molecule has 0 rings (SSSR count). The van der Waals surface area contributed by atoms with Crippen molar-refractivity contribution in [2.24, 2.45) is 0 Å². The third-order valence-electron chi connectivity index (χ3n) is 0.819. The molecule has 52 valence electrons. The zero-order chi connectivity index (χ0) is 7.98. The van der Waals surface area contributed by atoms with Gasteiger partial charge >= 0.3 is 5.97 Å². The first-order chi connectivity index (χ1) is 4.76. The molecule has 0 N–H and O–H groups in total. The van der Waals surface area contributed by atoms with Crippen molar-refractivity contribution in [3.8, 4) is 6.07 Å². The van der Waals surface area contributed by atoms with E-state index in [1.807, 2.05) is 0 Å². The number of hydrogen-bond acceptors (Lipinski definition) is 3. The van der Waals surface area contributed by atoms with Crippen LogP contribution in [0.25, 0.3) is 0 Å². The Labute approximate surface area is 59.2 Å². The summed E-state index contributed by atoms with van der Waals surface area (Å²) < 4.78 is 4.32. The fraction of sp³-hybridized carbons (Fsp3) is 0.143. The van der Waals surface area contributed by atoms with E-state index in [2.05, 4.69) is 11.3 Å². The summed E-state index contributed by atoms with van der Waals surface area (Å²) in [6, 6.07) is 1.68. The van der Waals surface area contributed by atoms with Crippen LogP contribution in [0, 0.1) is 11.3 Å². The third kappa shape index (κ3) is 2.14. The Balaban J connectivity index is 4.21. The number of nitriles is 1. The van der Waals surface area contributed by atoms with Gasteiger partial charge in [-0.05, 0) is 6.92 Å². The van der Waals surface area contributed by atoms with E-state index < -0.39 is 5.97 Å². The summed E-state index contributed by atoms with van der Waals surface area (Å²) in [7, 11) is 0. The number of allylic oxidation sites excluding steroid dienone is 1. The van der Waals surface area contributed by atoms with Crippen LogP contribution < -0.4 is 0 Å². The predicted molar refractivity (Wildman–Crippen MR) is 35.7 cm³/mol. The highest BCUT2D eigenvalue weighted by atomic mass is 16.5. The van der Waals surface area contributed by atoms with Gasteiger partial charge in [0.05, 0.1) is 6.26 Å². The molecule has 0 radical (unpaired) electrons. The molecule has 0 fully saturated rings. The summed E-state index contributed by atoms with van der Waals surface area (Å²) >= 11 is 0. The van der Waals surface area contributed by atoms with E-state index in [1.54, 1.807) is 13.0 Å². The Morgan fingerprint density at radius 3 is 2.70 bits per heavy atom. The van der Waals surface area contributed by atoms with Crippen LogP contribution in [0.1, 0.15) is 6.92 Å². The van der Waals surface area contributed by atoms with Crippen LogP contribution in [0.5, 0.6) is 0 Å². The standard InChI is InChI=1S/C7H7NO2/c1-3-6(5-8)7(9)10-4-2/h3-4H,2H2,1H3/b6-3+. The van der Waals surface area contributed by atoms with E-state index in [0.717, 1.165) is 6.26 Å². The minimum Gasteiger partial charge on any atom is -0.431 e. The second kappa shape index (κ2) is 4.33. The minimum absolute atomic E-state index is 0.0140. The molecule has 0 aromatic heterocycles. The first kappa shape index (κ1) is 8.44. The summed E-state index contributed by atoms with van der Waals surface area (Å²) in [6.45, 7) is 4.76. The van der Waals surface area contributed by atoms with Gasteiger partial charge in [-0.3, -0.25) is 0 Å². The fourth-order valence-corrected chi connectivity index (χ4v) is 0.367. The molecular formula is C7H7NO2. The first-order valence-electron chi connectivity index (χ1n) is 2.64. The number of nitrogens with zero attached hydrogens (tertiary/aromatic N) is 1. The Morgan fingerprint density at radius 2 is 2.40 bits per heavy atom. The molecule has 0 saturated heterocycles. The summed E-state index contributed by atoms with van der Waals surface area (Å²) in [5, 5.41) is 8.27. The summed E-state index contributed by atoms with van der Waals surface area (Å²) in [5.74, 6) is -0.667. The number of esters is 1. The van der Waals surface area contributed by atoms with Gasteiger partial charge in [-0.1, -0.05) is 12.7 Å². The van der Waals surface area contributed by atoms with Crippen LogP contribution in [-0.2, 0) is 9.53 Å². The Kier molecular flexibility index (Phi) is 3.66. The minimum atomic E-state index is -0.667. The molecule has 3 nitrogen and oxygen atoms in total. The molecule has 0 atom stereocenters. The first-order valence-corrected chi connectivity index (χ1v) is 2.64. The molecule has 0 amide bonds. The van der Waals surface area contributed by atoms with E-state index in [1.165, 1.54) is 6.08 Å². The molecule has 0 aliphatic rings. The van der Waals surface area contributed by atoms with E-state index in [4.69, 9.17) is 5.26 Å². The zero-order valence-electron chi connectivity index (χ0n) is 5.63. The van der Waals surface area contributed by atoms with Crippen molar-refractivity contribution < 1.29 is 9.53 Å². The van der Waals surface area contributed by atoms with Gasteiger partial charge < -0.3 is 4.74 Å². The average Bonchev–Trinajstić information content (AvgIpc) is 1.91. The molecule has 0 saturated carbocycles. The van der Waals surface area contributed by atoms with Gasteiger partial charge in [0.2, 0.25) is 0 Å². The van der Waals surface area contributed by atoms with Crippen LogP contribution in [0.15, 0.2) is 24.5 Å². The SMILES string of the molecule is C=COC(=O)/C(C#N)=C/C. The van der Waals surface area contributed by atoms with Crippen LogP contribution in [-0.4, -0.2) is 5.97 Å². The van der Waals surface area contributed by atoms with Crippen LogP contribution >= 0.6 is 0 Å². The van der Waals surface area contributed by atoms with Crippen molar-refractivity contribution in [2.45, 2.75) is 6.92 Å². The highest BCUT2D eigenvalue weighted by molar-refractivity contribution is 5.92. The molecule has 0 unspecified atom stereocenters. The Morgan fingerprint density at radius 1 is 1.80 bits per heavy atom. The quantitative estimate of drug-likeness (QED) is 0.248. The van der Waals surface area contributed by atoms with Crippen molar-refractivity contribution in [3.05, 3.63) is 24.5 Å². The van der Waals surface area contributed by atoms with E-state index in [-0.39, 0.29) is 5.57 Å². The largest absolute Gasteiger partial charge is 0.431 e. The maximum atomic E-state index is 10.6. The van der Waals surface area contributed by atoms with E-state index in [9.17, 15) is 4.79 Å².